The Hall–Kier alpha value is -0.660. The van der Waals surface area contributed by atoms with E-state index >= 15 is 0 Å². The first-order valence-electron chi connectivity index (χ1n) is 4.92. The van der Waals surface area contributed by atoms with Crippen LogP contribution in [-0.4, -0.2) is 39.2 Å². The molecular weight excluding hydrogens is 218 g/mol. The largest absolute Gasteiger partial charge is 0.354 e. The molecule has 1 aliphatic rings. The summed E-state index contributed by atoms with van der Waals surface area (Å²) in [4.78, 5) is 11.5. The van der Waals surface area contributed by atoms with Crippen LogP contribution in [0.1, 0.15) is 13.3 Å². The van der Waals surface area contributed by atoms with E-state index < -0.39 is 10.0 Å². The lowest BCUT2D eigenvalue weighted by Gasteiger charge is -2.14. The number of carbonyl (C=O) groups excluding carboxylic acids is 1. The summed E-state index contributed by atoms with van der Waals surface area (Å²) in [5.74, 6) is -0.0806. The quantitative estimate of drug-likeness (QED) is 0.545. The van der Waals surface area contributed by atoms with Crippen molar-refractivity contribution in [3.63, 3.8) is 0 Å². The van der Waals surface area contributed by atoms with Gasteiger partial charge < -0.3 is 10.6 Å². The highest BCUT2D eigenvalue weighted by Crippen LogP contribution is 2.13. The molecule has 2 unspecified atom stereocenters. The summed E-state index contributed by atoms with van der Waals surface area (Å²) >= 11 is 0. The Labute approximate surface area is 89.6 Å². The molecule has 88 valence electrons. The Morgan fingerprint density at radius 3 is 2.73 bits per heavy atom. The molecule has 1 fully saturated rings. The van der Waals surface area contributed by atoms with E-state index in [9.17, 15) is 13.2 Å². The van der Waals surface area contributed by atoms with Crippen molar-refractivity contribution in [1.29, 1.82) is 0 Å². The summed E-state index contributed by atoms with van der Waals surface area (Å²) in [6, 6.07) is -0.203. The van der Waals surface area contributed by atoms with E-state index in [0.717, 1.165) is 13.0 Å². The van der Waals surface area contributed by atoms with Crippen LogP contribution < -0.4 is 15.8 Å². The fraction of sp³-hybridized carbons (Fsp3) is 0.875. The smallest absolute Gasteiger partial charge is 0.237 e. The van der Waals surface area contributed by atoms with Gasteiger partial charge in [-0.1, -0.05) is 6.92 Å². The molecule has 0 aromatic rings. The van der Waals surface area contributed by atoms with Crippen molar-refractivity contribution >= 4 is 15.9 Å². The third-order valence-electron chi connectivity index (χ3n) is 2.50. The van der Waals surface area contributed by atoms with Gasteiger partial charge in [-0.15, -0.1) is 0 Å². The molecule has 7 heteroatoms. The zero-order valence-corrected chi connectivity index (χ0v) is 9.51. The fourth-order valence-corrected chi connectivity index (χ4v) is 2.00. The van der Waals surface area contributed by atoms with Crippen LogP contribution in [0.15, 0.2) is 0 Å². The second-order valence-corrected chi connectivity index (χ2v) is 5.59. The van der Waals surface area contributed by atoms with Crippen LogP contribution in [0, 0.1) is 5.92 Å². The van der Waals surface area contributed by atoms with Gasteiger partial charge in [0.2, 0.25) is 15.9 Å². The second-order valence-electron chi connectivity index (χ2n) is 3.86. The SMILES string of the molecule is CC1CCNC1C(=O)NCCS(N)(=O)=O. The Balaban J connectivity index is 2.30. The van der Waals surface area contributed by atoms with E-state index in [1.54, 1.807) is 0 Å². The molecule has 6 nitrogen and oxygen atoms in total. The van der Waals surface area contributed by atoms with E-state index in [4.69, 9.17) is 5.14 Å². The molecule has 0 radical (unpaired) electrons. The Bertz CT molecular complexity index is 328. The van der Waals surface area contributed by atoms with Gasteiger partial charge in [0.25, 0.3) is 0 Å². The first-order chi connectivity index (χ1) is 6.90. The van der Waals surface area contributed by atoms with Crippen LogP contribution >= 0.6 is 0 Å². The van der Waals surface area contributed by atoms with Crippen LogP contribution in [0.2, 0.25) is 0 Å². The van der Waals surface area contributed by atoms with Crippen molar-refractivity contribution < 1.29 is 13.2 Å². The van der Waals surface area contributed by atoms with Crippen LogP contribution in [0.4, 0.5) is 0 Å². The normalized spacial score (nSPS) is 26.5. The van der Waals surface area contributed by atoms with Crippen LogP contribution in [0.3, 0.4) is 0 Å². The molecule has 0 spiro atoms. The minimum atomic E-state index is -3.49. The molecule has 0 saturated carbocycles. The van der Waals surface area contributed by atoms with Gasteiger partial charge in [-0.2, -0.15) is 0 Å². The maximum absolute atomic E-state index is 11.5. The minimum Gasteiger partial charge on any atom is -0.354 e. The third-order valence-corrected chi connectivity index (χ3v) is 3.27. The molecule has 1 aliphatic heterocycles. The zero-order valence-electron chi connectivity index (χ0n) is 8.69. The first kappa shape index (κ1) is 12.4. The number of rotatable bonds is 4. The number of primary sulfonamides is 1. The number of hydrogen-bond donors (Lipinski definition) is 3. The molecule has 1 amide bonds. The van der Waals surface area contributed by atoms with Gasteiger partial charge in [-0.3, -0.25) is 4.79 Å². The Morgan fingerprint density at radius 2 is 2.27 bits per heavy atom. The topological polar surface area (TPSA) is 101 Å². The van der Waals surface area contributed by atoms with E-state index in [-0.39, 0.29) is 24.2 Å². The summed E-state index contributed by atoms with van der Waals surface area (Å²) in [7, 11) is -3.49. The predicted octanol–water partition coefficient (Wildman–Crippen LogP) is -1.61. The summed E-state index contributed by atoms with van der Waals surface area (Å²) in [5.41, 5.74) is 0. The van der Waals surface area contributed by atoms with Crippen LogP contribution in [0.25, 0.3) is 0 Å². The van der Waals surface area contributed by atoms with Gasteiger partial charge in [0, 0.05) is 6.54 Å². The Morgan fingerprint density at radius 1 is 1.60 bits per heavy atom. The fourth-order valence-electron chi connectivity index (χ4n) is 1.61. The van der Waals surface area contributed by atoms with Gasteiger partial charge >= 0.3 is 0 Å². The lowest BCUT2D eigenvalue weighted by molar-refractivity contribution is -0.123. The molecule has 1 saturated heterocycles. The van der Waals surface area contributed by atoms with Crippen molar-refractivity contribution in [2.75, 3.05) is 18.8 Å². The average Bonchev–Trinajstić information content (AvgIpc) is 2.48. The molecule has 0 bridgehead atoms. The van der Waals surface area contributed by atoms with Crippen molar-refractivity contribution in [3.8, 4) is 0 Å². The summed E-state index contributed by atoms with van der Waals surface area (Å²) in [6.07, 6.45) is 0.966. The first-order valence-corrected chi connectivity index (χ1v) is 6.63. The van der Waals surface area contributed by atoms with Gasteiger partial charge in [-0.05, 0) is 18.9 Å². The highest BCUT2D eigenvalue weighted by molar-refractivity contribution is 7.89. The lowest BCUT2D eigenvalue weighted by Crippen LogP contribution is -2.44. The Kier molecular flexibility index (Phi) is 4.06. The molecular formula is C8H17N3O3S. The van der Waals surface area contributed by atoms with E-state index in [0.29, 0.717) is 5.92 Å². The minimum absolute atomic E-state index is 0.0720. The molecule has 0 aromatic carbocycles. The lowest BCUT2D eigenvalue weighted by atomic mass is 10.0. The maximum atomic E-state index is 11.5. The molecule has 4 N–H and O–H groups in total. The van der Waals surface area contributed by atoms with E-state index in [1.165, 1.54) is 0 Å². The van der Waals surface area contributed by atoms with Crippen molar-refractivity contribution in [3.05, 3.63) is 0 Å². The van der Waals surface area contributed by atoms with Crippen LogP contribution in [0.5, 0.6) is 0 Å². The molecule has 1 heterocycles. The second kappa shape index (κ2) is 4.91. The van der Waals surface area contributed by atoms with Gasteiger partial charge in [0.1, 0.15) is 0 Å². The summed E-state index contributed by atoms with van der Waals surface area (Å²) < 4.78 is 21.2. The number of sulfonamides is 1. The maximum Gasteiger partial charge on any atom is 0.237 e. The standard InChI is InChI=1S/C8H17N3O3S/c1-6-2-3-10-7(6)8(12)11-4-5-15(9,13)14/h6-7,10H,2-5H2,1H3,(H,11,12)(H2,9,13,14). The zero-order chi connectivity index (χ0) is 11.5. The highest BCUT2D eigenvalue weighted by Gasteiger charge is 2.28. The number of amides is 1. The summed E-state index contributed by atoms with van der Waals surface area (Å²) in [5, 5.41) is 10.4. The molecule has 1 rings (SSSR count). The molecule has 2 atom stereocenters. The predicted molar refractivity (Wildman–Crippen MR) is 56.6 cm³/mol. The van der Waals surface area contributed by atoms with Crippen molar-refractivity contribution in [2.45, 2.75) is 19.4 Å². The monoisotopic (exact) mass is 235 g/mol. The number of hydrogen-bond acceptors (Lipinski definition) is 4. The third kappa shape index (κ3) is 4.15. The number of carbonyl (C=O) groups is 1. The van der Waals surface area contributed by atoms with Crippen LogP contribution in [-0.2, 0) is 14.8 Å². The number of nitrogens with two attached hydrogens (primary N) is 1. The average molecular weight is 235 g/mol. The molecule has 15 heavy (non-hydrogen) atoms. The van der Waals surface area contributed by atoms with Gasteiger partial charge in [0.15, 0.2) is 0 Å². The van der Waals surface area contributed by atoms with Gasteiger partial charge in [-0.25, -0.2) is 13.6 Å². The van der Waals surface area contributed by atoms with Crippen molar-refractivity contribution in [1.82, 2.24) is 10.6 Å². The number of nitrogens with one attached hydrogen (secondary N) is 2. The molecule has 0 aromatic heterocycles. The van der Waals surface area contributed by atoms with Gasteiger partial charge in [0.05, 0.1) is 11.8 Å². The van der Waals surface area contributed by atoms with Crippen molar-refractivity contribution in [2.24, 2.45) is 11.1 Å². The van der Waals surface area contributed by atoms with E-state index in [2.05, 4.69) is 10.6 Å². The molecule has 0 aliphatic carbocycles. The highest BCUT2D eigenvalue weighted by atomic mass is 32.2. The van der Waals surface area contributed by atoms with E-state index in [1.807, 2.05) is 6.92 Å². The summed E-state index contributed by atoms with van der Waals surface area (Å²) in [6.45, 7) is 2.89.